The van der Waals surface area contributed by atoms with Crippen LogP contribution in [-0.2, 0) is 13.1 Å². The van der Waals surface area contributed by atoms with Crippen LogP contribution in [-0.4, -0.2) is 32.6 Å². The van der Waals surface area contributed by atoms with Gasteiger partial charge in [0.1, 0.15) is 4.88 Å². The van der Waals surface area contributed by atoms with E-state index in [1.54, 1.807) is 18.9 Å². The topological polar surface area (TPSA) is 77.0 Å². The Morgan fingerprint density at radius 3 is 2.70 bits per heavy atom. The normalized spacial score (nSPS) is 10.8. The summed E-state index contributed by atoms with van der Waals surface area (Å²) in [6.45, 7) is 7.21. The fourth-order valence-electron chi connectivity index (χ4n) is 2.08. The highest BCUT2D eigenvalue weighted by Gasteiger charge is 2.19. The minimum absolute atomic E-state index is 0.0552. The van der Waals surface area contributed by atoms with E-state index in [1.165, 1.54) is 11.3 Å². The molecule has 0 fully saturated rings. The van der Waals surface area contributed by atoms with Crippen molar-refractivity contribution in [3.8, 4) is 0 Å². The molecule has 0 atom stereocenters. The minimum atomic E-state index is -0.0552. The fourth-order valence-corrected chi connectivity index (χ4v) is 2.90. The molecule has 20 heavy (non-hydrogen) atoms. The van der Waals surface area contributed by atoms with Gasteiger partial charge < -0.3 is 10.6 Å². The Morgan fingerprint density at radius 2 is 2.20 bits per heavy atom. The van der Waals surface area contributed by atoms with Crippen LogP contribution in [0.4, 0.5) is 5.13 Å². The van der Waals surface area contributed by atoms with Crippen molar-refractivity contribution >= 4 is 22.4 Å². The number of hydrogen-bond acceptors (Lipinski definition) is 5. The highest BCUT2D eigenvalue weighted by Crippen LogP contribution is 2.22. The molecule has 0 aliphatic heterocycles. The van der Waals surface area contributed by atoms with E-state index in [4.69, 9.17) is 5.73 Å². The number of amides is 1. The lowest BCUT2D eigenvalue weighted by atomic mass is 10.2. The molecule has 0 bridgehead atoms. The van der Waals surface area contributed by atoms with Crippen molar-refractivity contribution in [1.82, 2.24) is 19.7 Å². The molecule has 6 nitrogen and oxygen atoms in total. The van der Waals surface area contributed by atoms with Crippen molar-refractivity contribution in [1.29, 1.82) is 0 Å². The Kier molecular flexibility index (Phi) is 4.08. The average molecular weight is 293 g/mol. The number of hydrogen-bond donors (Lipinski definition) is 1. The van der Waals surface area contributed by atoms with Crippen molar-refractivity contribution in [2.75, 3.05) is 12.8 Å². The van der Waals surface area contributed by atoms with Crippen LogP contribution in [0.2, 0.25) is 0 Å². The van der Waals surface area contributed by atoms with Gasteiger partial charge in [0.25, 0.3) is 5.91 Å². The van der Waals surface area contributed by atoms with Crippen LogP contribution < -0.4 is 5.73 Å². The Labute approximate surface area is 122 Å². The zero-order valence-corrected chi connectivity index (χ0v) is 13.0. The number of nitrogen functional groups attached to an aromatic ring is 1. The van der Waals surface area contributed by atoms with E-state index in [0.29, 0.717) is 22.2 Å². The second kappa shape index (κ2) is 5.62. The summed E-state index contributed by atoms with van der Waals surface area (Å²) in [7, 11) is 1.78. The summed E-state index contributed by atoms with van der Waals surface area (Å²) in [4.78, 5) is 18.7. The SMILES string of the molecule is CCn1ncc(CN(C)C(=O)c2sc(N)nc2C)c1C. The van der Waals surface area contributed by atoms with Crippen LogP contribution in [0.15, 0.2) is 6.20 Å². The number of carbonyl (C=O) groups is 1. The standard InChI is InChI=1S/C13H19N5OS/c1-5-18-9(3)10(6-15-18)7-17(4)12(19)11-8(2)16-13(14)20-11/h6H,5,7H2,1-4H3,(H2,14,16). The maximum absolute atomic E-state index is 12.4. The maximum atomic E-state index is 12.4. The zero-order valence-electron chi connectivity index (χ0n) is 12.2. The van der Waals surface area contributed by atoms with E-state index in [0.717, 1.165) is 17.8 Å². The Morgan fingerprint density at radius 1 is 1.50 bits per heavy atom. The highest BCUT2D eigenvalue weighted by atomic mass is 32.1. The zero-order chi connectivity index (χ0) is 14.9. The van der Waals surface area contributed by atoms with Gasteiger partial charge in [0.05, 0.1) is 11.9 Å². The molecule has 108 valence electrons. The lowest BCUT2D eigenvalue weighted by Gasteiger charge is -2.16. The van der Waals surface area contributed by atoms with E-state index in [1.807, 2.05) is 24.7 Å². The molecular weight excluding hydrogens is 274 g/mol. The number of anilines is 1. The first-order valence-corrected chi connectivity index (χ1v) is 7.25. The molecule has 0 aliphatic rings. The van der Waals surface area contributed by atoms with Crippen LogP contribution >= 0.6 is 11.3 Å². The molecule has 7 heteroatoms. The summed E-state index contributed by atoms with van der Waals surface area (Å²) in [5.41, 5.74) is 8.47. The Bertz CT molecular complexity index is 631. The molecule has 0 spiro atoms. The molecule has 0 unspecified atom stereocenters. The average Bonchev–Trinajstić information content (AvgIpc) is 2.92. The predicted molar refractivity (Wildman–Crippen MR) is 79.7 cm³/mol. The number of aryl methyl sites for hydroxylation is 2. The molecule has 0 radical (unpaired) electrons. The van der Waals surface area contributed by atoms with Crippen molar-refractivity contribution < 1.29 is 4.79 Å². The van der Waals surface area contributed by atoms with Gasteiger partial charge in [-0.15, -0.1) is 0 Å². The first kappa shape index (κ1) is 14.5. The fraction of sp³-hybridized carbons (Fsp3) is 0.462. The molecule has 2 N–H and O–H groups in total. The van der Waals surface area contributed by atoms with Gasteiger partial charge in [-0.3, -0.25) is 9.48 Å². The molecule has 2 rings (SSSR count). The highest BCUT2D eigenvalue weighted by molar-refractivity contribution is 7.17. The Balaban J connectivity index is 2.15. The van der Waals surface area contributed by atoms with Crippen molar-refractivity contribution in [2.45, 2.75) is 33.9 Å². The van der Waals surface area contributed by atoms with E-state index in [-0.39, 0.29) is 5.91 Å². The van der Waals surface area contributed by atoms with E-state index in [2.05, 4.69) is 10.1 Å². The molecule has 0 saturated heterocycles. The minimum Gasteiger partial charge on any atom is -0.375 e. The van der Waals surface area contributed by atoms with E-state index in [9.17, 15) is 4.79 Å². The largest absolute Gasteiger partial charge is 0.375 e. The summed E-state index contributed by atoms with van der Waals surface area (Å²) in [5.74, 6) is -0.0552. The van der Waals surface area contributed by atoms with Gasteiger partial charge in [0.15, 0.2) is 5.13 Å². The second-order valence-electron chi connectivity index (χ2n) is 4.70. The van der Waals surface area contributed by atoms with Gasteiger partial charge in [0, 0.05) is 31.4 Å². The number of rotatable bonds is 4. The van der Waals surface area contributed by atoms with Gasteiger partial charge in [-0.25, -0.2) is 4.98 Å². The third kappa shape index (κ3) is 2.67. The first-order valence-electron chi connectivity index (χ1n) is 6.43. The lowest BCUT2D eigenvalue weighted by Crippen LogP contribution is -2.26. The van der Waals surface area contributed by atoms with Crippen LogP contribution in [0.1, 0.15) is 33.5 Å². The van der Waals surface area contributed by atoms with Gasteiger partial charge in [-0.05, 0) is 20.8 Å². The van der Waals surface area contributed by atoms with Crippen LogP contribution in [0, 0.1) is 13.8 Å². The molecular formula is C13H19N5OS. The quantitative estimate of drug-likeness (QED) is 0.933. The summed E-state index contributed by atoms with van der Waals surface area (Å²) in [6, 6.07) is 0. The van der Waals surface area contributed by atoms with Gasteiger partial charge >= 0.3 is 0 Å². The van der Waals surface area contributed by atoms with Gasteiger partial charge in [-0.2, -0.15) is 5.10 Å². The van der Waals surface area contributed by atoms with Gasteiger partial charge in [0.2, 0.25) is 0 Å². The predicted octanol–water partition coefficient (Wildman–Crippen LogP) is 1.83. The first-order chi connectivity index (χ1) is 9.43. The number of thiazole rings is 1. The van der Waals surface area contributed by atoms with E-state index < -0.39 is 0 Å². The van der Waals surface area contributed by atoms with Crippen molar-refractivity contribution in [2.24, 2.45) is 0 Å². The molecule has 2 aromatic rings. The lowest BCUT2D eigenvalue weighted by molar-refractivity contribution is 0.0788. The molecule has 2 aromatic heterocycles. The third-order valence-corrected chi connectivity index (χ3v) is 4.24. The Hall–Kier alpha value is -1.89. The molecule has 2 heterocycles. The molecule has 1 amide bonds. The maximum Gasteiger partial charge on any atom is 0.265 e. The monoisotopic (exact) mass is 293 g/mol. The summed E-state index contributed by atoms with van der Waals surface area (Å²) in [6.07, 6.45) is 1.82. The molecule has 0 aromatic carbocycles. The van der Waals surface area contributed by atoms with Crippen molar-refractivity contribution in [3.63, 3.8) is 0 Å². The van der Waals surface area contributed by atoms with E-state index >= 15 is 0 Å². The number of nitrogens with zero attached hydrogens (tertiary/aromatic N) is 4. The second-order valence-corrected chi connectivity index (χ2v) is 5.73. The summed E-state index contributed by atoms with van der Waals surface area (Å²) >= 11 is 1.23. The number of nitrogens with two attached hydrogens (primary N) is 1. The molecule has 0 aliphatic carbocycles. The van der Waals surface area contributed by atoms with Crippen LogP contribution in [0.5, 0.6) is 0 Å². The van der Waals surface area contributed by atoms with Gasteiger partial charge in [-0.1, -0.05) is 11.3 Å². The molecule has 0 saturated carbocycles. The third-order valence-electron chi connectivity index (χ3n) is 3.27. The van der Waals surface area contributed by atoms with Crippen LogP contribution in [0.3, 0.4) is 0 Å². The number of aromatic nitrogens is 3. The summed E-state index contributed by atoms with van der Waals surface area (Å²) < 4.78 is 1.92. The number of carbonyl (C=O) groups excluding carboxylic acids is 1. The van der Waals surface area contributed by atoms with Crippen LogP contribution in [0.25, 0.3) is 0 Å². The van der Waals surface area contributed by atoms with Crippen molar-refractivity contribution in [3.05, 3.63) is 28.0 Å². The summed E-state index contributed by atoms with van der Waals surface area (Å²) in [5, 5.41) is 4.72. The smallest absolute Gasteiger partial charge is 0.265 e.